The van der Waals surface area contributed by atoms with Crippen LogP contribution in [0.3, 0.4) is 0 Å². The first-order chi connectivity index (χ1) is 7.78. The maximum absolute atomic E-state index is 5.44. The number of hydrogen-bond donors (Lipinski definition) is 1. The lowest BCUT2D eigenvalue weighted by Crippen LogP contribution is -2.32. The molecule has 0 aromatic carbocycles. The second kappa shape index (κ2) is 5.43. The Morgan fingerprint density at radius 1 is 1.56 bits per heavy atom. The number of likely N-dealkylation sites (N-methyl/N-ethyl adjacent to an activating group) is 1. The minimum atomic E-state index is -0.0545. The second-order valence-electron chi connectivity index (χ2n) is 4.08. The Labute approximate surface area is 95.7 Å². The van der Waals surface area contributed by atoms with Gasteiger partial charge in [0.1, 0.15) is 0 Å². The third-order valence-corrected chi connectivity index (χ3v) is 2.80. The van der Waals surface area contributed by atoms with Crippen LogP contribution in [-0.4, -0.2) is 42.4 Å². The minimum absolute atomic E-state index is 0.0545. The molecule has 1 aromatic heterocycles. The van der Waals surface area contributed by atoms with Crippen molar-refractivity contribution in [3.8, 4) is 0 Å². The molecule has 16 heavy (non-hydrogen) atoms. The summed E-state index contributed by atoms with van der Waals surface area (Å²) < 4.78 is 12.7. The van der Waals surface area contributed by atoms with Crippen LogP contribution >= 0.6 is 0 Å². The van der Waals surface area contributed by atoms with Gasteiger partial charge in [-0.05, 0) is 13.1 Å². The van der Waals surface area contributed by atoms with Crippen molar-refractivity contribution in [2.75, 3.05) is 20.3 Å². The molecule has 1 atom stereocenters. The number of aromatic nitrogens is 2. The van der Waals surface area contributed by atoms with Gasteiger partial charge in [-0.25, -0.2) is 0 Å². The molecule has 1 saturated heterocycles. The highest BCUT2D eigenvalue weighted by Crippen LogP contribution is 2.13. The number of nitrogens with one attached hydrogen (secondary N) is 1. The molecule has 0 aliphatic carbocycles. The summed E-state index contributed by atoms with van der Waals surface area (Å²) in [5.74, 6) is 0. The topological polar surface area (TPSA) is 48.3 Å². The molecule has 1 N–H and O–H groups in total. The van der Waals surface area contributed by atoms with E-state index in [1.165, 1.54) is 0 Å². The lowest BCUT2D eigenvalue weighted by atomic mass is 10.1. The predicted octanol–water partition coefficient (Wildman–Crippen LogP) is 0.314. The van der Waals surface area contributed by atoms with Gasteiger partial charge in [0.2, 0.25) is 0 Å². The number of aryl methyl sites for hydroxylation is 1. The van der Waals surface area contributed by atoms with Gasteiger partial charge in [-0.3, -0.25) is 4.68 Å². The molecular weight excluding hydrogens is 206 g/mol. The zero-order chi connectivity index (χ0) is 11.4. The molecule has 1 fully saturated rings. The Kier molecular flexibility index (Phi) is 3.93. The average molecular weight is 225 g/mol. The van der Waals surface area contributed by atoms with Gasteiger partial charge in [0.05, 0.1) is 18.9 Å². The van der Waals surface area contributed by atoms with E-state index in [0.717, 1.165) is 18.5 Å². The standard InChI is InChI=1S/C11H19N3O2/c1-12-10(8-11-15-5-6-16-11)7-9-3-4-14(2)13-9/h3-4,10-12H,5-8H2,1-2H3. The van der Waals surface area contributed by atoms with Crippen LogP contribution < -0.4 is 5.32 Å². The molecule has 0 spiro atoms. The minimum Gasteiger partial charge on any atom is -0.350 e. The van der Waals surface area contributed by atoms with Crippen LogP contribution in [0.5, 0.6) is 0 Å². The van der Waals surface area contributed by atoms with Crippen molar-refractivity contribution in [2.45, 2.75) is 25.2 Å². The fourth-order valence-electron chi connectivity index (χ4n) is 1.90. The Hall–Kier alpha value is -0.910. The quantitative estimate of drug-likeness (QED) is 0.783. The number of ether oxygens (including phenoxy) is 2. The van der Waals surface area contributed by atoms with Gasteiger partial charge in [-0.15, -0.1) is 0 Å². The SMILES string of the molecule is CNC(Cc1ccn(C)n1)CC1OCCO1. The van der Waals surface area contributed by atoms with Crippen LogP contribution in [0.2, 0.25) is 0 Å². The predicted molar refractivity (Wildman–Crippen MR) is 60.1 cm³/mol. The maximum atomic E-state index is 5.44. The number of hydrogen-bond acceptors (Lipinski definition) is 4. The normalized spacial score (nSPS) is 19.1. The average Bonchev–Trinajstić information content (AvgIpc) is 2.89. The van der Waals surface area contributed by atoms with Crippen molar-refractivity contribution in [3.63, 3.8) is 0 Å². The Bertz CT molecular complexity index is 321. The molecular formula is C11H19N3O2. The second-order valence-corrected chi connectivity index (χ2v) is 4.08. The van der Waals surface area contributed by atoms with E-state index in [2.05, 4.69) is 10.4 Å². The van der Waals surface area contributed by atoms with E-state index in [1.54, 1.807) is 0 Å². The Morgan fingerprint density at radius 3 is 2.88 bits per heavy atom. The van der Waals surface area contributed by atoms with Gasteiger partial charge in [-0.1, -0.05) is 0 Å². The molecule has 0 radical (unpaired) electrons. The third kappa shape index (κ3) is 3.04. The van der Waals surface area contributed by atoms with Crippen LogP contribution in [0.4, 0.5) is 0 Å². The van der Waals surface area contributed by atoms with E-state index in [9.17, 15) is 0 Å². The molecule has 2 heterocycles. The first-order valence-electron chi connectivity index (χ1n) is 5.67. The van der Waals surface area contributed by atoms with Crippen LogP contribution in [-0.2, 0) is 22.9 Å². The molecule has 0 bridgehead atoms. The highest BCUT2D eigenvalue weighted by molar-refractivity contribution is 5.01. The van der Waals surface area contributed by atoms with Crippen LogP contribution in [0.1, 0.15) is 12.1 Å². The maximum Gasteiger partial charge on any atom is 0.159 e. The van der Waals surface area contributed by atoms with E-state index in [-0.39, 0.29) is 6.29 Å². The first kappa shape index (κ1) is 11.6. The molecule has 1 aromatic rings. The summed E-state index contributed by atoms with van der Waals surface area (Å²) in [4.78, 5) is 0. The van der Waals surface area contributed by atoms with Gasteiger partial charge >= 0.3 is 0 Å². The van der Waals surface area contributed by atoms with Crippen molar-refractivity contribution < 1.29 is 9.47 Å². The van der Waals surface area contributed by atoms with Crippen molar-refractivity contribution in [1.29, 1.82) is 0 Å². The summed E-state index contributed by atoms with van der Waals surface area (Å²) in [6.45, 7) is 1.43. The fraction of sp³-hybridized carbons (Fsp3) is 0.727. The van der Waals surface area contributed by atoms with Crippen LogP contribution in [0, 0.1) is 0 Å². The highest BCUT2D eigenvalue weighted by atomic mass is 16.7. The summed E-state index contributed by atoms with van der Waals surface area (Å²) in [5.41, 5.74) is 1.10. The van der Waals surface area contributed by atoms with Gasteiger partial charge in [0.15, 0.2) is 6.29 Å². The van der Waals surface area contributed by atoms with Gasteiger partial charge in [0.25, 0.3) is 0 Å². The van der Waals surface area contributed by atoms with Crippen molar-refractivity contribution in [1.82, 2.24) is 15.1 Å². The number of rotatable bonds is 5. The molecule has 5 nitrogen and oxygen atoms in total. The molecule has 2 rings (SSSR count). The lowest BCUT2D eigenvalue weighted by Gasteiger charge is -2.18. The Balaban J connectivity index is 1.84. The molecule has 1 aliphatic rings. The smallest absolute Gasteiger partial charge is 0.159 e. The van der Waals surface area contributed by atoms with E-state index in [0.29, 0.717) is 19.3 Å². The molecule has 0 amide bonds. The Morgan fingerprint density at radius 2 is 2.31 bits per heavy atom. The first-order valence-corrected chi connectivity index (χ1v) is 5.67. The molecule has 1 aliphatic heterocycles. The third-order valence-electron chi connectivity index (χ3n) is 2.80. The van der Waals surface area contributed by atoms with Crippen molar-refractivity contribution in [3.05, 3.63) is 18.0 Å². The summed E-state index contributed by atoms with van der Waals surface area (Å²) in [5, 5.41) is 7.65. The van der Waals surface area contributed by atoms with Gasteiger partial charge in [0, 0.05) is 32.1 Å². The molecule has 90 valence electrons. The van der Waals surface area contributed by atoms with E-state index < -0.39 is 0 Å². The summed E-state index contributed by atoms with van der Waals surface area (Å²) >= 11 is 0. The lowest BCUT2D eigenvalue weighted by molar-refractivity contribution is -0.0523. The summed E-state index contributed by atoms with van der Waals surface area (Å²) in [6, 6.07) is 2.39. The van der Waals surface area contributed by atoms with Crippen molar-refractivity contribution in [2.24, 2.45) is 7.05 Å². The van der Waals surface area contributed by atoms with Crippen molar-refractivity contribution >= 4 is 0 Å². The zero-order valence-corrected chi connectivity index (χ0v) is 9.85. The fourth-order valence-corrected chi connectivity index (χ4v) is 1.90. The summed E-state index contributed by atoms with van der Waals surface area (Å²) in [6.07, 6.45) is 3.68. The van der Waals surface area contributed by atoms with Gasteiger partial charge < -0.3 is 14.8 Å². The van der Waals surface area contributed by atoms with E-state index in [1.807, 2.05) is 31.0 Å². The molecule has 0 saturated carbocycles. The van der Waals surface area contributed by atoms with Crippen LogP contribution in [0.15, 0.2) is 12.3 Å². The summed E-state index contributed by atoms with van der Waals surface area (Å²) in [7, 11) is 3.89. The highest BCUT2D eigenvalue weighted by Gasteiger charge is 2.21. The van der Waals surface area contributed by atoms with Crippen LogP contribution in [0.25, 0.3) is 0 Å². The zero-order valence-electron chi connectivity index (χ0n) is 9.85. The largest absolute Gasteiger partial charge is 0.350 e. The molecule has 5 heteroatoms. The molecule has 1 unspecified atom stereocenters. The van der Waals surface area contributed by atoms with E-state index >= 15 is 0 Å². The number of nitrogens with zero attached hydrogens (tertiary/aromatic N) is 2. The monoisotopic (exact) mass is 225 g/mol. The van der Waals surface area contributed by atoms with Gasteiger partial charge in [-0.2, -0.15) is 5.10 Å². The van der Waals surface area contributed by atoms with E-state index in [4.69, 9.17) is 9.47 Å².